The zero-order chi connectivity index (χ0) is 15.0. The van der Waals surface area contributed by atoms with Crippen molar-refractivity contribution in [3.05, 3.63) is 0 Å². The Morgan fingerprint density at radius 2 is 1.95 bits per heavy atom. The highest BCUT2D eigenvalue weighted by molar-refractivity contribution is 5.35. The fourth-order valence-corrected chi connectivity index (χ4v) is 1.62. The highest BCUT2D eigenvalue weighted by Crippen LogP contribution is 2.15. The van der Waals surface area contributed by atoms with Crippen LogP contribution in [0.3, 0.4) is 0 Å². The summed E-state index contributed by atoms with van der Waals surface area (Å²) in [7, 11) is 0. The molecule has 20 heavy (non-hydrogen) atoms. The lowest BCUT2D eigenvalue weighted by atomic mass is 10.0. The monoisotopic (exact) mass is 284 g/mol. The molecule has 8 nitrogen and oxygen atoms in total. The molecule has 1 heterocycles. The van der Waals surface area contributed by atoms with Crippen LogP contribution in [-0.2, 0) is 0 Å². The van der Waals surface area contributed by atoms with Gasteiger partial charge in [-0.2, -0.15) is 15.0 Å². The maximum absolute atomic E-state index is 9.08. The van der Waals surface area contributed by atoms with Crippen molar-refractivity contribution in [1.29, 1.82) is 0 Å². The number of aliphatic hydroxyl groups excluding tert-OH is 1. The van der Waals surface area contributed by atoms with Crippen molar-refractivity contribution in [2.75, 3.05) is 24.0 Å². The van der Waals surface area contributed by atoms with Gasteiger partial charge in [-0.1, -0.05) is 20.8 Å². The van der Waals surface area contributed by atoms with E-state index in [1.54, 1.807) is 0 Å². The second kappa shape index (κ2) is 8.49. The van der Waals surface area contributed by atoms with Crippen molar-refractivity contribution in [3.8, 4) is 6.01 Å². The third kappa shape index (κ3) is 5.14. The highest BCUT2D eigenvalue weighted by atomic mass is 16.5. The molecule has 0 radical (unpaired) electrons. The number of anilines is 2. The second-order valence-electron chi connectivity index (χ2n) is 4.77. The number of nitrogens with zero attached hydrogens (tertiary/aromatic N) is 3. The molecule has 0 aliphatic carbocycles. The normalized spacial score (nSPS) is 12.3. The van der Waals surface area contributed by atoms with E-state index in [0.29, 0.717) is 24.9 Å². The Balaban J connectivity index is 2.86. The zero-order valence-corrected chi connectivity index (χ0v) is 12.3. The van der Waals surface area contributed by atoms with Crippen LogP contribution in [0.1, 0.15) is 33.6 Å². The number of hydrogen-bond acceptors (Lipinski definition) is 8. The number of hydrazine groups is 1. The molecule has 114 valence electrons. The molecule has 0 aromatic carbocycles. The van der Waals surface area contributed by atoms with E-state index in [0.717, 1.165) is 6.42 Å². The summed E-state index contributed by atoms with van der Waals surface area (Å²) in [6, 6.07) is 0.288. The van der Waals surface area contributed by atoms with Gasteiger partial charge in [-0.05, 0) is 18.8 Å². The van der Waals surface area contributed by atoms with Crippen molar-refractivity contribution >= 4 is 11.9 Å². The van der Waals surface area contributed by atoms with Crippen molar-refractivity contribution in [2.45, 2.75) is 39.7 Å². The zero-order valence-electron chi connectivity index (χ0n) is 12.3. The van der Waals surface area contributed by atoms with Crippen molar-refractivity contribution < 1.29 is 9.84 Å². The molecule has 0 fully saturated rings. The minimum Gasteiger partial charge on any atom is -0.463 e. The molecule has 0 saturated heterocycles. The van der Waals surface area contributed by atoms with Gasteiger partial charge in [0.1, 0.15) is 0 Å². The number of ether oxygens (including phenoxy) is 1. The van der Waals surface area contributed by atoms with Crippen LogP contribution < -0.4 is 21.3 Å². The van der Waals surface area contributed by atoms with E-state index in [1.807, 2.05) is 6.92 Å². The Morgan fingerprint density at radius 1 is 1.25 bits per heavy atom. The molecule has 1 rings (SSSR count). The minimum atomic E-state index is 0.0621. The quantitative estimate of drug-likeness (QED) is 0.388. The molecular weight excluding hydrogens is 260 g/mol. The summed E-state index contributed by atoms with van der Waals surface area (Å²) in [6.45, 7) is 6.74. The Hall–Kier alpha value is -1.67. The van der Waals surface area contributed by atoms with Crippen molar-refractivity contribution in [2.24, 2.45) is 11.8 Å². The molecule has 1 aromatic heterocycles. The molecule has 1 unspecified atom stereocenters. The maximum Gasteiger partial charge on any atom is 0.323 e. The van der Waals surface area contributed by atoms with Gasteiger partial charge in [0.05, 0.1) is 6.61 Å². The van der Waals surface area contributed by atoms with Gasteiger partial charge in [-0.15, -0.1) is 0 Å². The van der Waals surface area contributed by atoms with Gasteiger partial charge in [-0.3, -0.25) is 5.43 Å². The van der Waals surface area contributed by atoms with E-state index in [9.17, 15) is 0 Å². The molecule has 0 aliphatic rings. The van der Waals surface area contributed by atoms with Gasteiger partial charge in [0.2, 0.25) is 11.9 Å². The van der Waals surface area contributed by atoms with Gasteiger partial charge in [0, 0.05) is 12.6 Å². The molecule has 0 amide bonds. The van der Waals surface area contributed by atoms with Gasteiger partial charge in [-0.25, -0.2) is 5.84 Å². The number of aliphatic hydroxyl groups is 1. The molecule has 8 heteroatoms. The third-order valence-electron chi connectivity index (χ3n) is 2.74. The highest BCUT2D eigenvalue weighted by Gasteiger charge is 2.15. The van der Waals surface area contributed by atoms with E-state index in [4.69, 9.17) is 15.7 Å². The van der Waals surface area contributed by atoms with Gasteiger partial charge in [0.15, 0.2) is 0 Å². The van der Waals surface area contributed by atoms with Crippen LogP contribution in [0.4, 0.5) is 11.9 Å². The lowest BCUT2D eigenvalue weighted by Crippen LogP contribution is -2.28. The summed E-state index contributed by atoms with van der Waals surface area (Å²) in [6.07, 6.45) is 1.47. The van der Waals surface area contributed by atoms with E-state index in [1.165, 1.54) is 0 Å². The summed E-state index contributed by atoms with van der Waals surface area (Å²) in [5, 5.41) is 12.3. The van der Waals surface area contributed by atoms with Crippen LogP contribution in [0.15, 0.2) is 0 Å². The van der Waals surface area contributed by atoms with Crippen molar-refractivity contribution in [3.63, 3.8) is 0 Å². The van der Waals surface area contributed by atoms with Crippen LogP contribution in [0.5, 0.6) is 6.01 Å². The average Bonchev–Trinajstić information content (AvgIpc) is 2.44. The van der Waals surface area contributed by atoms with E-state index < -0.39 is 0 Å². The Morgan fingerprint density at radius 3 is 2.50 bits per heavy atom. The molecule has 0 aliphatic heterocycles. The molecule has 5 N–H and O–H groups in total. The largest absolute Gasteiger partial charge is 0.463 e. The Bertz CT molecular complexity index is 402. The van der Waals surface area contributed by atoms with Gasteiger partial charge in [0.25, 0.3) is 0 Å². The van der Waals surface area contributed by atoms with Gasteiger partial charge < -0.3 is 15.2 Å². The predicted molar refractivity (Wildman–Crippen MR) is 77.4 cm³/mol. The fraction of sp³-hybridized carbons (Fsp3) is 0.750. The summed E-state index contributed by atoms with van der Waals surface area (Å²) < 4.78 is 5.39. The number of hydrogen-bond donors (Lipinski definition) is 4. The minimum absolute atomic E-state index is 0.0621. The van der Waals surface area contributed by atoms with E-state index in [-0.39, 0.29) is 24.6 Å². The number of nitrogens with one attached hydrogen (secondary N) is 2. The first kappa shape index (κ1) is 16.4. The molecule has 0 spiro atoms. The molecular formula is C12H24N6O2. The topological polar surface area (TPSA) is 118 Å². The Labute approximate surface area is 119 Å². The van der Waals surface area contributed by atoms with E-state index >= 15 is 0 Å². The summed E-state index contributed by atoms with van der Waals surface area (Å²) >= 11 is 0. The Kier molecular flexibility index (Phi) is 6.96. The average molecular weight is 284 g/mol. The lowest BCUT2D eigenvalue weighted by molar-refractivity contribution is 0.267. The van der Waals surface area contributed by atoms with Crippen LogP contribution in [0.25, 0.3) is 0 Å². The summed E-state index contributed by atoms with van der Waals surface area (Å²) in [4.78, 5) is 12.3. The van der Waals surface area contributed by atoms with E-state index in [2.05, 4.69) is 39.5 Å². The molecule has 1 atom stereocenters. The SMILES string of the molecule is CCCOc1nc(NN)nc(NC(CCO)C(C)C)n1. The first-order chi connectivity index (χ1) is 9.60. The van der Waals surface area contributed by atoms with Crippen LogP contribution in [-0.4, -0.2) is 39.3 Å². The number of rotatable bonds is 9. The summed E-state index contributed by atoms with van der Waals surface area (Å²) in [5.41, 5.74) is 2.39. The molecule has 0 bridgehead atoms. The number of nitrogen functional groups attached to an aromatic ring is 1. The van der Waals surface area contributed by atoms with Gasteiger partial charge >= 0.3 is 6.01 Å². The van der Waals surface area contributed by atoms with Crippen LogP contribution in [0, 0.1) is 5.92 Å². The van der Waals surface area contributed by atoms with Crippen LogP contribution in [0.2, 0.25) is 0 Å². The molecule has 1 aromatic rings. The standard InChI is InChI=1S/C12H24N6O2/c1-4-7-20-12-16-10(15-11(17-12)18-13)14-9(5-6-19)8(2)3/h8-9,19H,4-7,13H2,1-3H3,(H2,14,15,16,17,18). The fourth-order valence-electron chi connectivity index (χ4n) is 1.62. The smallest absolute Gasteiger partial charge is 0.323 e. The number of nitrogens with two attached hydrogens (primary N) is 1. The summed E-state index contributed by atoms with van der Waals surface area (Å²) in [5.74, 6) is 6.28. The van der Waals surface area contributed by atoms with Crippen molar-refractivity contribution in [1.82, 2.24) is 15.0 Å². The maximum atomic E-state index is 9.08. The van der Waals surface area contributed by atoms with Crippen LogP contribution >= 0.6 is 0 Å². The first-order valence-electron chi connectivity index (χ1n) is 6.83. The predicted octanol–water partition coefficient (Wildman–Crippen LogP) is 0.765. The first-order valence-corrected chi connectivity index (χ1v) is 6.83. The third-order valence-corrected chi connectivity index (χ3v) is 2.74. The number of aromatic nitrogens is 3. The molecule has 0 saturated carbocycles. The lowest BCUT2D eigenvalue weighted by Gasteiger charge is -2.21. The second-order valence-corrected chi connectivity index (χ2v) is 4.77.